The van der Waals surface area contributed by atoms with Crippen molar-refractivity contribution in [1.29, 1.82) is 0 Å². The first-order chi connectivity index (χ1) is 12.0. The molecule has 1 aliphatic heterocycles. The van der Waals surface area contributed by atoms with Gasteiger partial charge in [0.2, 0.25) is 0 Å². The zero-order chi connectivity index (χ0) is 18.0. The molecule has 3 rings (SSSR count). The fourth-order valence-electron chi connectivity index (χ4n) is 2.59. The van der Waals surface area contributed by atoms with Crippen molar-refractivity contribution >= 4 is 23.2 Å². The van der Waals surface area contributed by atoms with Crippen LogP contribution in [0.1, 0.15) is 6.42 Å². The van der Waals surface area contributed by atoms with Gasteiger partial charge in [-0.3, -0.25) is 4.79 Å². The van der Waals surface area contributed by atoms with Gasteiger partial charge in [-0.25, -0.2) is 4.39 Å². The van der Waals surface area contributed by atoms with E-state index < -0.39 is 24.4 Å². The summed E-state index contributed by atoms with van der Waals surface area (Å²) in [4.78, 5) is 13.9. The van der Waals surface area contributed by atoms with Crippen LogP contribution in [0.25, 0.3) is 0 Å². The molecule has 0 radical (unpaired) electrons. The van der Waals surface area contributed by atoms with Gasteiger partial charge in [-0.1, -0.05) is 23.7 Å². The highest BCUT2D eigenvalue weighted by Crippen LogP contribution is 2.33. The first kappa shape index (κ1) is 17.4. The number of nitrogens with zero attached hydrogens (tertiary/aromatic N) is 1. The van der Waals surface area contributed by atoms with Crippen LogP contribution in [-0.4, -0.2) is 25.2 Å². The Hall–Kier alpha value is -2.41. The monoisotopic (exact) mass is 371 g/mol. The van der Waals surface area contributed by atoms with E-state index in [9.17, 15) is 18.0 Å². The lowest BCUT2D eigenvalue weighted by molar-refractivity contribution is -0.123. The van der Waals surface area contributed by atoms with Crippen molar-refractivity contribution in [2.75, 3.05) is 11.4 Å². The van der Waals surface area contributed by atoms with Gasteiger partial charge in [0.05, 0.1) is 10.7 Å². The van der Waals surface area contributed by atoms with Crippen molar-refractivity contribution in [1.82, 2.24) is 0 Å². The fraction of sp³-hybridized carbons (Fsp3) is 0.235. The molecule has 2 aromatic carbocycles. The minimum atomic E-state index is -2.99. The molecule has 1 fully saturated rings. The molecular formula is C17H13ClF3NO3. The molecular weight excluding hydrogens is 359 g/mol. The van der Waals surface area contributed by atoms with Crippen LogP contribution in [0.15, 0.2) is 42.5 Å². The lowest BCUT2D eigenvalue weighted by Gasteiger charge is -2.20. The number of halogens is 4. The summed E-state index contributed by atoms with van der Waals surface area (Å²) < 4.78 is 48.3. The van der Waals surface area contributed by atoms with E-state index in [2.05, 4.69) is 4.74 Å². The van der Waals surface area contributed by atoms with Gasteiger partial charge in [-0.15, -0.1) is 0 Å². The molecule has 1 saturated heterocycles. The average molecular weight is 372 g/mol. The molecule has 0 saturated carbocycles. The molecule has 8 heteroatoms. The molecule has 0 N–H and O–H groups in total. The molecule has 1 heterocycles. The maximum absolute atomic E-state index is 13.2. The van der Waals surface area contributed by atoms with Gasteiger partial charge in [0.15, 0.2) is 6.10 Å². The van der Waals surface area contributed by atoms with Gasteiger partial charge >= 0.3 is 6.61 Å². The molecule has 2 aromatic rings. The standard InChI is InChI=1S/C17H13ClF3NO3/c18-11-9-10(5-6-12(11)19)24-15-7-8-22(16(15)23)13-3-1-2-4-14(13)25-17(20)21/h1-6,9,15,17H,7-8H2/t15-/m0/s1. The molecule has 0 spiro atoms. The van der Waals surface area contributed by atoms with E-state index in [0.717, 1.165) is 6.07 Å². The van der Waals surface area contributed by atoms with Crippen LogP contribution in [0, 0.1) is 5.82 Å². The van der Waals surface area contributed by atoms with Crippen LogP contribution in [0.3, 0.4) is 0 Å². The van der Waals surface area contributed by atoms with E-state index in [1.54, 1.807) is 6.07 Å². The van der Waals surface area contributed by atoms with E-state index in [1.807, 2.05) is 0 Å². The van der Waals surface area contributed by atoms with Crippen LogP contribution < -0.4 is 14.4 Å². The predicted octanol–water partition coefficient (Wildman–Crippen LogP) is 4.26. The molecule has 0 aliphatic carbocycles. The van der Waals surface area contributed by atoms with E-state index >= 15 is 0 Å². The van der Waals surface area contributed by atoms with E-state index in [0.29, 0.717) is 6.42 Å². The second-order valence-electron chi connectivity index (χ2n) is 5.31. The van der Waals surface area contributed by atoms with Crippen molar-refractivity contribution in [3.05, 3.63) is 53.3 Å². The minimum absolute atomic E-state index is 0.0867. The lowest BCUT2D eigenvalue weighted by atomic mass is 10.2. The quantitative estimate of drug-likeness (QED) is 0.788. The molecule has 0 aromatic heterocycles. The van der Waals surface area contributed by atoms with Crippen LogP contribution >= 0.6 is 11.6 Å². The number of carbonyl (C=O) groups excluding carboxylic acids is 1. The Morgan fingerprint density at radius 2 is 1.96 bits per heavy atom. The molecule has 0 unspecified atom stereocenters. The summed E-state index contributed by atoms with van der Waals surface area (Å²) in [6.07, 6.45) is -0.474. The Morgan fingerprint density at radius 3 is 2.68 bits per heavy atom. The normalized spacial score (nSPS) is 17.2. The van der Waals surface area contributed by atoms with Gasteiger partial charge in [0, 0.05) is 19.0 Å². The third-order valence-electron chi connectivity index (χ3n) is 3.70. The molecule has 1 aliphatic rings. The number of alkyl halides is 2. The molecule has 132 valence electrons. The summed E-state index contributed by atoms with van der Waals surface area (Å²) in [5, 5.41) is -0.115. The highest BCUT2D eigenvalue weighted by molar-refractivity contribution is 6.30. The fourth-order valence-corrected chi connectivity index (χ4v) is 2.76. The number of amides is 1. The van der Waals surface area contributed by atoms with E-state index in [4.69, 9.17) is 16.3 Å². The lowest BCUT2D eigenvalue weighted by Crippen LogP contribution is -2.32. The van der Waals surface area contributed by atoms with Crippen LogP contribution in [0.2, 0.25) is 5.02 Å². The largest absolute Gasteiger partial charge is 0.480 e. The number of hydrogen-bond donors (Lipinski definition) is 0. The summed E-state index contributed by atoms with van der Waals surface area (Å²) in [6.45, 7) is -2.71. The Labute approximate surface area is 146 Å². The Balaban J connectivity index is 1.77. The second kappa shape index (κ2) is 7.23. The van der Waals surface area contributed by atoms with Gasteiger partial charge in [0.25, 0.3) is 5.91 Å². The van der Waals surface area contributed by atoms with Crippen molar-refractivity contribution in [3.63, 3.8) is 0 Å². The Kier molecular flexibility index (Phi) is 5.03. The average Bonchev–Trinajstić information content (AvgIpc) is 2.92. The van der Waals surface area contributed by atoms with Crippen LogP contribution in [0.4, 0.5) is 18.9 Å². The van der Waals surface area contributed by atoms with Crippen molar-refractivity contribution in [2.24, 2.45) is 0 Å². The van der Waals surface area contributed by atoms with Crippen LogP contribution in [-0.2, 0) is 4.79 Å². The van der Waals surface area contributed by atoms with Crippen molar-refractivity contribution in [3.8, 4) is 11.5 Å². The SMILES string of the molecule is O=C1[C@@H](Oc2ccc(F)c(Cl)c2)CCN1c1ccccc1OC(F)F. The number of para-hydroxylation sites is 2. The van der Waals surface area contributed by atoms with E-state index in [1.165, 1.54) is 35.2 Å². The van der Waals surface area contributed by atoms with Gasteiger partial charge < -0.3 is 14.4 Å². The molecule has 25 heavy (non-hydrogen) atoms. The number of ether oxygens (including phenoxy) is 2. The van der Waals surface area contributed by atoms with Crippen LogP contribution in [0.5, 0.6) is 11.5 Å². The van der Waals surface area contributed by atoms with E-state index in [-0.39, 0.29) is 28.8 Å². The summed E-state index contributed by atoms with van der Waals surface area (Å²) in [7, 11) is 0. The van der Waals surface area contributed by atoms with Crippen molar-refractivity contribution in [2.45, 2.75) is 19.1 Å². The second-order valence-corrected chi connectivity index (χ2v) is 5.71. The topological polar surface area (TPSA) is 38.8 Å². The Bertz CT molecular complexity index is 787. The molecule has 1 amide bonds. The molecule has 0 bridgehead atoms. The summed E-state index contributed by atoms with van der Waals surface area (Å²) in [5.74, 6) is -0.822. The summed E-state index contributed by atoms with van der Waals surface area (Å²) in [6, 6.07) is 9.83. The third kappa shape index (κ3) is 3.82. The van der Waals surface area contributed by atoms with Gasteiger partial charge in [-0.2, -0.15) is 8.78 Å². The smallest absolute Gasteiger partial charge is 0.387 e. The minimum Gasteiger partial charge on any atom is -0.480 e. The van der Waals surface area contributed by atoms with Gasteiger partial charge in [0.1, 0.15) is 17.3 Å². The Morgan fingerprint density at radius 1 is 1.20 bits per heavy atom. The maximum Gasteiger partial charge on any atom is 0.387 e. The molecule has 4 nitrogen and oxygen atoms in total. The van der Waals surface area contributed by atoms with Gasteiger partial charge in [-0.05, 0) is 24.3 Å². The van der Waals surface area contributed by atoms with Crippen molar-refractivity contribution < 1.29 is 27.4 Å². The number of anilines is 1. The molecule has 1 atom stereocenters. The zero-order valence-corrected chi connectivity index (χ0v) is 13.6. The summed E-state index contributed by atoms with van der Waals surface area (Å²) in [5.41, 5.74) is 0.246. The number of benzene rings is 2. The zero-order valence-electron chi connectivity index (χ0n) is 12.8. The number of rotatable bonds is 5. The summed E-state index contributed by atoms with van der Waals surface area (Å²) >= 11 is 5.69. The highest BCUT2D eigenvalue weighted by Gasteiger charge is 2.36. The first-order valence-corrected chi connectivity index (χ1v) is 7.80. The first-order valence-electron chi connectivity index (χ1n) is 7.42. The highest BCUT2D eigenvalue weighted by atomic mass is 35.5. The maximum atomic E-state index is 13.2. The number of hydrogen-bond acceptors (Lipinski definition) is 3. The third-order valence-corrected chi connectivity index (χ3v) is 3.99. The number of carbonyl (C=O) groups is 1. The predicted molar refractivity (Wildman–Crippen MR) is 85.9 cm³/mol.